The molecule has 0 bridgehead atoms. The Bertz CT molecular complexity index is 557. The molecular weight excluding hydrogens is 280 g/mol. The van der Waals surface area contributed by atoms with Gasteiger partial charge in [-0.2, -0.15) is 5.10 Å². The topological polar surface area (TPSA) is 33.1 Å². The molecule has 0 amide bonds. The summed E-state index contributed by atoms with van der Waals surface area (Å²) in [7, 11) is 4.17. The molecule has 0 saturated heterocycles. The van der Waals surface area contributed by atoms with Gasteiger partial charge < -0.3 is 10.2 Å². The van der Waals surface area contributed by atoms with Gasteiger partial charge in [0.15, 0.2) is 0 Å². The Kier molecular flexibility index (Phi) is 5.42. The van der Waals surface area contributed by atoms with Crippen molar-refractivity contribution in [2.45, 2.75) is 33.9 Å². The molecule has 0 aliphatic carbocycles. The van der Waals surface area contributed by atoms with Crippen molar-refractivity contribution in [3.05, 3.63) is 33.6 Å². The summed E-state index contributed by atoms with van der Waals surface area (Å²) < 4.78 is 2.00. The molecule has 5 heteroatoms. The zero-order chi connectivity index (χ0) is 15.4. The lowest BCUT2D eigenvalue weighted by Crippen LogP contribution is -2.23. The van der Waals surface area contributed by atoms with Crippen LogP contribution < -0.4 is 10.2 Å². The average Bonchev–Trinajstić information content (AvgIpc) is 2.98. The molecule has 0 aliphatic heterocycles. The van der Waals surface area contributed by atoms with E-state index >= 15 is 0 Å². The van der Waals surface area contributed by atoms with E-state index in [4.69, 9.17) is 0 Å². The minimum atomic E-state index is 0.661. The van der Waals surface area contributed by atoms with Crippen LogP contribution in [0.25, 0.3) is 0 Å². The van der Waals surface area contributed by atoms with Crippen molar-refractivity contribution in [3.8, 4) is 0 Å². The Balaban J connectivity index is 2.13. The minimum Gasteiger partial charge on any atom is -0.354 e. The van der Waals surface area contributed by atoms with E-state index in [1.807, 2.05) is 11.7 Å². The summed E-state index contributed by atoms with van der Waals surface area (Å²) in [6, 6.07) is 4.29. The summed E-state index contributed by atoms with van der Waals surface area (Å²) in [4.78, 5) is 3.66. The normalized spacial score (nSPS) is 11.3. The number of aryl methyl sites for hydroxylation is 2. The summed E-state index contributed by atoms with van der Waals surface area (Å²) in [6.45, 7) is 9.38. The molecule has 2 rings (SSSR count). The van der Waals surface area contributed by atoms with E-state index < -0.39 is 0 Å². The predicted molar refractivity (Wildman–Crippen MR) is 90.9 cm³/mol. The quantitative estimate of drug-likeness (QED) is 0.853. The second kappa shape index (κ2) is 7.09. The highest BCUT2D eigenvalue weighted by Gasteiger charge is 2.17. The van der Waals surface area contributed by atoms with E-state index in [0.29, 0.717) is 5.92 Å². The number of rotatable bonds is 7. The summed E-state index contributed by atoms with van der Waals surface area (Å²) in [5, 5.41) is 10.3. The van der Waals surface area contributed by atoms with Crippen LogP contribution in [-0.2, 0) is 20.1 Å². The minimum absolute atomic E-state index is 0.661. The molecular formula is C16H26N4S. The summed E-state index contributed by atoms with van der Waals surface area (Å²) in [5.74, 6) is 1.87. The fourth-order valence-corrected chi connectivity index (χ4v) is 3.33. The van der Waals surface area contributed by atoms with Gasteiger partial charge >= 0.3 is 0 Å². The largest absolute Gasteiger partial charge is 0.354 e. The van der Waals surface area contributed by atoms with Crippen molar-refractivity contribution in [2.75, 3.05) is 18.5 Å². The van der Waals surface area contributed by atoms with Crippen molar-refractivity contribution in [1.82, 2.24) is 15.1 Å². The maximum atomic E-state index is 4.60. The van der Waals surface area contributed by atoms with Crippen molar-refractivity contribution >= 4 is 17.2 Å². The first-order chi connectivity index (χ1) is 9.99. The van der Waals surface area contributed by atoms with Gasteiger partial charge in [0, 0.05) is 31.1 Å². The Morgan fingerprint density at radius 2 is 2.19 bits per heavy atom. The molecule has 0 aliphatic rings. The molecule has 2 aromatic rings. The van der Waals surface area contributed by atoms with Crippen LogP contribution in [0.2, 0.25) is 0 Å². The van der Waals surface area contributed by atoms with E-state index in [-0.39, 0.29) is 0 Å². The van der Waals surface area contributed by atoms with Gasteiger partial charge in [-0.1, -0.05) is 19.9 Å². The second-order valence-electron chi connectivity index (χ2n) is 5.97. The molecule has 116 valence electrons. The SMILES string of the molecule is Cc1nn(C)c(N(C)Cc2cccs2)c1CNCC(C)C. The second-order valence-corrected chi connectivity index (χ2v) is 7.00. The Labute approximate surface area is 131 Å². The van der Waals surface area contributed by atoms with Crippen LogP contribution in [0.4, 0.5) is 5.82 Å². The molecule has 2 heterocycles. The molecule has 21 heavy (non-hydrogen) atoms. The van der Waals surface area contributed by atoms with Crippen molar-refractivity contribution < 1.29 is 0 Å². The van der Waals surface area contributed by atoms with Crippen molar-refractivity contribution in [3.63, 3.8) is 0 Å². The maximum absolute atomic E-state index is 4.60. The molecule has 0 radical (unpaired) electrons. The number of nitrogens with one attached hydrogen (secondary N) is 1. The van der Waals surface area contributed by atoms with Crippen LogP contribution in [-0.4, -0.2) is 23.4 Å². The Morgan fingerprint density at radius 3 is 2.81 bits per heavy atom. The standard InChI is InChI=1S/C16H26N4S/c1-12(2)9-17-10-15-13(3)18-20(5)16(15)19(4)11-14-7-6-8-21-14/h6-8,12,17H,9-11H2,1-5H3. The highest BCUT2D eigenvalue weighted by atomic mass is 32.1. The smallest absolute Gasteiger partial charge is 0.131 e. The Hall–Kier alpha value is -1.33. The third-order valence-electron chi connectivity index (χ3n) is 3.50. The number of anilines is 1. The lowest BCUT2D eigenvalue weighted by Gasteiger charge is -2.21. The van der Waals surface area contributed by atoms with Gasteiger partial charge in [-0.05, 0) is 30.8 Å². The van der Waals surface area contributed by atoms with E-state index in [9.17, 15) is 0 Å². The van der Waals surface area contributed by atoms with Gasteiger partial charge in [-0.3, -0.25) is 4.68 Å². The van der Waals surface area contributed by atoms with Crippen LogP contribution in [0.5, 0.6) is 0 Å². The summed E-state index contributed by atoms with van der Waals surface area (Å²) in [5.41, 5.74) is 2.42. The fraction of sp³-hybridized carbons (Fsp3) is 0.562. The number of hydrogen-bond donors (Lipinski definition) is 1. The lowest BCUT2D eigenvalue weighted by molar-refractivity contribution is 0.551. The third-order valence-corrected chi connectivity index (χ3v) is 4.36. The first-order valence-corrected chi connectivity index (χ1v) is 8.33. The molecule has 4 nitrogen and oxygen atoms in total. The number of hydrogen-bond acceptors (Lipinski definition) is 4. The molecule has 0 unspecified atom stereocenters. The lowest BCUT2D eigenvalue weighted by atomic mass is 10.2. The van der Waals surface area contributed by atoms with Gasteiger partial charge in [0.1, 0.15) is 5.82 Å². The average molecular weight is 306 g/mol. The predicted octanol–water partition coefficient (Wildman–Crippen LogP) is 3.17. The van der Waals surface area contributed by atoms with E-state index in [1.165, 1.54) is 16.3 Å². The summed E-state index contributed by atoms with van der Waals surface area (Å²) in [6.07, 6.45) is 0. The van der Waals surface area contributed by atoms with Gasteiger partial charge in [-0.25, -0.2) is 0 Å². The highest BCUT2D eigenvalue weighted by molar-refractivity contribution is 7.09. The molecule has 0 spiro atoms. The zero-order valence-electron chi connectivity index (χ0n) is 13.7. The molecule has 2 aromatic heterocycles. The molecule has 0 aromatic carbocycles. The monoisotopic (exact) mass is 306 g/mol. The van der Waals surface area contributed by atoms with Crippen molar-refractivity contribution in [2.24, 2.45) is 13.0 Å². The molecule has 0 saturated carbocycles. The van der Waals surface area contributed by atoms with Gasteiger partial charge in [0.25, 0.3) is 0 Å². The van der Waals surface area contributed by atoms with Crippen LogP contribution in [0.1, 0.15) is 30.0 Å². The van der Waals surface area contributed by atoms with Gasteiger partial charge in [0.05, 0.1) is 12.2 Å². The first-order valence-electron chi connectivity index (χ1n) is 7.45. The van der Waals surface area contributed by atoms with E-state index in [2.05, 4.69) is 60.6 Å². The number of nitrogens with zero attached hydrogens (tertiary/aromatic N) is 3. The maximum Gasteiger partial charge on any atom is 0.131 e. The molecule has 0 atom stereocenters. The van der Waals surface area contributed by atoms with Gasteiger partial charge in [0.2, 0.25) is 0 Å². The summed E-state index contributed by atoms with van der Waals surface area (Å²) >= 11 is 1.80. The zero-order valence-corrected chi connectivity index (χ0v) is 14.5. The number of thiophene rings is 1. The Morgan fingerprint density at radius 1 is 1.43 bits per heavy atom. The number of aromatic nitrogens is 2. The van der Waals surface area contributed by atoms with Crippen LogP contribution in [0, 0.1) is 12.8 Å². The van der Waals surface area contributed by atoms with E-state index in [0.717, 1.165) is 25.3 Å². The van der Waals surface area contributed by atoms with E-state index in [1.54, 1.807) is 11.3 Å². The first kappa shape index (κ1) is 16.0. The molecule has 0 fully saturated rings. The van der Waals surface area contributed by atoms with Crippen LogP contribution >= 0.6 is 11.3 Å². The molecule has 1 N–H and O–H groups in total. The van der Waals surface area contributed by atoms with Crippen LogP contribution in [0.15, 0.2) is 17.5 Å². The van der Waals surface area contributed by atoms with Gasteiger partial charge in [-0.15, -0.1) is 11.3 Å². The highest BCUT2D eigenvalue weighted by Crippen LogP contribution is 2.24. The van der Waals surface area contributed by atoms with Crippen LogP contribution in [0.3, 0.4) is 0 Å². The van der Waals surface area contributed by atoms with Crippen molar-refractivity contribution in [1.29, 1.82) is 0 Å². The third kappa shape index (κ3) is 4.08. The fourth-order valence-electron chi connectivity index (χ4n) is 2.57.